The number of hydrogen-bond donors (Lipinski definition) is 1. The van der Waals surface area contributed by atoms with Crippen LogP contribution in [0.3, 0.4) is 0 Å². The molecule has 0 aliphatic rings. The first-order valence-corrected chi connectivity index (χ1v) is 4.82. The second kappa shape index (κ2) is 4.11. The summed E-state index contributed by atoms with van der Waals surface area (Å²) in [6.07, 6.45) is 1.64. The molecule has 1 aromatic rings. The number of aromatic nitrogens is 2. The van der Waals surface area contributed by atoms with Crippen LogP contribution in [0.15, 0.2) is 6.20 Å². The summed E-state index contributed by atoms with van der Waals surface area (Å²) in [4.78, 5) is 2.24. The first-order valence-electron chi connectivity index (χ1n) is 4.44. The first kappa shape index (κ1) is 10.5. The average Bonchev–Trinajstić information content (AvgIpc) is 2.48. The highest BCUT2D eigenvalue weighted by atomic mass is 35.5. The maximum absolute atomic E-state index is 5.96. The van der Waals surface area contributed by atoms with Crippen LogP contribution in [0.2, 0.25) is 5.02 Å². The fourth-order valence-corrected chi connectivity index (χ4v) is 1.47. The van der Waals surface area contributed by atoms with Gasteiger partial charge in [-0.05, 0) is 27.8 Å². The van der Waals surface area contributed by atoms with Crippen LogP contribution in [0.5, 0.6) is 0 Å². The Morgan fingerprint density at radius 2 is 2.08 bits per heavy atom. The summed E-state index contributed by atoms with van der Waals surface area (Å²) >= 11 is 5.96. The second-order valence-electron chi connectivity index (χ2n) is 3.57. The SMILES string of the molecule is CC(C)N(C)C(C)c1[nH]ncc1Cl. The molecule has 0 bridgehead atoms. The average molecular weight is 202 g/mol. The lowest BCUT2D eigenvalue weighted by Crippen LogP contribution is -2.29. The fraction of sp³-hybridized carbons (Fsp3) is 0.667. The second-order valence-corrected chi connectivity index (χ2v) is 3.97. The molecule has 0 amide bonds. The number of rotatable bonds is 3. The van der Waals surface area contributed by atoms with E-state index in [0.717, 1.165) is 5.69 Å². The van der Waals surface area contributed by atoms with E-state index in [1.165, 1.54) is 0 Å². The van der Waals surface area contributed by atoms with Crippen LogP contribution >= 0.6 is 11.6 Å². The lowest BCUT2D eigenvalue weighted by Gasteiger charge is -2.27. The molecule has 0 radical (unpaired) electrons. The highest BCUT2D eigenvalue weighted by molar-refractivity contribution is 6.31. The van der Waals surface area contributed by atoms with Crippen molar-refractivity contribution in [3.63, 3.8) is 0 Å². The number of nitrogens with one attached hydrogen (secondary N) is 1. The van der Waals surface area contributed by atoms with E-state index >= 15 is 0 Å². The number of H-pyrrole nitrogens is 1. The van der Waals surface area contributed by atoms with E-state index < -0.39 is 0 Å². The van der Waals surface area contributed by atoms with E-state index in [1.807, 2.05) is 0 Å². The monoisotopic (exact) mass is 201 g/mol. The lowest BCUT2D eigenvalue weighted by atomic mass is 10.2. The topological polar surface area (TPSA) is 31.9 Å². The Kier molecular flexibility index (Phi) is 3.33. The van der Waals surface area contributed by atoms with Gasteiger partial charge in [0.05, 0.1) is 23.0 Å². The van der Waals surface area contributed by atoms with Crippen LogP contribution in [0.4, 0.5) is 0 Å². The van der Waals surface area contributed by atoms with Gasteiger partial charge in [-0.25, -0.2) is 0 Å². The summed E-state index contributed by atoms with van der Waals surface area (Å²) in [5, 5.41) is 7.53. The highest BCUT2D eigenvalue weighted by Gasteiger charge is 2.17. The molecule has 0 aliphatic heterocycles. The van der Waals surface area contributed by atoms with E-state index in [9.17, 15) is 0 Å². The van der Waals surface area contributed by atoms with Crippen molar-refractivity contribution in [3.05, 3.63) is 16.9 Å². The van der Waals surface area contributed by atoms with Crippen molar-refractivity contribution in [1.82, 2.24) is 15.1 Å². The summed E-state index contributed by atoms with van der Waals surface area (Å²) in [5.74, 6) is 0. The van der Waals surface area contributed by atoms with E-state index in [1.54, 1.807) is 6.20 Å². The molecule has 74 valence electrons. The van der Waals surface area contributed by atoms with Crippen molar-refractivity contribution in [2.45, 2.75) is 32.9 Å². The number of hydrogen-bond acceptors (Lipinski definition) is 2. The molecule has 0 aliphatic carbocycles. The molecule has 1 rings (SSSR count). The third-order valence-electron chi connectivity index (χ3n) is 2.46. The zero-order valence-corrected chi connectivity index (χ0v) is 9.26. The van der Waals surface area contributed by atoms with Crippen molar-refractivity contribution in [1.29, 1.82) is 0 Å². The van der Waals surface area contributed by atoms with E-state index in [2.05, 4.69) is 42.9 Å². The Bertz CT molecular complexity index is 270. The van der Waals surface area contributed by atoms with Gasteiger partial charge in [-0.1, -0.05) is 11.6 Å². The Labute approximate surface area is 84.1 Å². The zero-order chi connectivity index (χ0) is 10.0. The largest absolute Gasteiger partial charge is 0.296 e. The molecule has 0 saturated carbocycles. The van der Waals surface area contributed by atoms with Gasteiger partial charge in [0.1, 0.15) is 0 Å². The van der Waals surface area contributed by atoms with Gasteiger partial charge in [0.2, 0.25) is 0 Å². The normalized spacial score (nSPS) is 14.1. The standard InChI is InChI=1S/C9H16ClN3/c1-6(2)13(4)7(3)9-8(10)5-11-12-9/h5-7H,1-4H3,(H,11,12). The fourth-order valence-electron chi connectivity index (χ4n) is 1.23. The molecule has 3 nitrogen and oxygen atoms in total. The maximum atomic E-state index is 5.96. The van der Waals surface area contributed by atoms with Gasteiger partial charge in [-0.15, -0.1) is 0 Å². The Morgan fingerprint density at radius 3 is 2.46 bits per heavy atom. The molecule has 1 heterocycles. The molecule has 13 heavy (non-hydrogen) atoms. The van der Waals surface area contributed by atoms with E-state index in [4.69, 9.17) is 11.6 Å². The summed E-state index contributed by atoms with van der Waals surface area (Å²) < 4.78 is 0. The Hall–Kier alpha value is -0.540. The van der Waals surface area contributed by atoms with Gasteiger partial charge < -0.3 is 0 Å². The van der Waals surface area contributed by atoms with Gasteiger partial charge in [-0.2, -0.15) is 5.10 Å². The first-order chi connectivity index (χ1) is 6.04. The third-order valence-corrected chi connectivity index (χ3v) is 2.76. The van der Waals surface area contributed by atoms with Gasteiger partial charge in [-0.3, -0.25) is 10.00 Å². The Balaban J connectivity index is 2.79. The molecule has 0 saturated heterocycles. The van der Waals surface area contributed by atoms with Crippen LogP contribution in [-0.2, 0) is 0 Å². The van der Waals surface area contributed by atoms with Crippen molar-refractivity contribution in [3.8, 4) is 0 Å². The van der Waals surface area contributed by atoms with E-state index in [0.29, 0.717) is 11.1 Å². The van der Waals surface area contributed by atoms with Crippen molar-refractivity contribution < 1.29 is 0 Å². The summed E-state index contributed by atoms with van der Waals surface area (Å²) in [5.41, 5.74) is 0.984. The van der Waals surface area contributed by atoms with Gasteiger partial charge in [0, 0.05) is 6.04 Å². The quantitative estimate of drug-likeness (QED) is 0.815. The summed E-state index contributed by atoms with van der Waals surface area (Å²) in [7, 11) is 2.08. The molecule has 0 aromatic carbocycles. The molecule has 1 atom stereocenters. The zero-order valence-electron chi connectivity index (χ0n) is 8.50. The predicted molar refractivity (Wildman–Crippen MR) is 54.9 cm³/mol. The predicted octanol–water partition coefficient (Wildman–Crippen LogP) is 2.46. The molecule has 1 aromatic heterocycles. The number of aromatic amines is 1. The van der Waals surface area contributed by atoms with Crippen molar-refractivity contribution in [2.75, 3.05) is 7.05 Å². The number of nitrogens with zero attached hydrogens (tertiary/aromatic N) is 2. The van der Waals surface area contributed by atoms with Crippen LogP contribution in [0, 0.1) is 0 Å². The van der Waals surface area contributed by atoms with Crippen molar-refractivity contribution >= 4 is 11.6 Å². The highest BCUT2D eigenvalue weighted by Crippen LogP contribution is 2.24. The molecule has 4 heteroatoms. The Morgan fingerprint density at radius 1 is 1.46 bits per heavy atom. The smallest absolute Gasteiger partial charge is 0.0831 e. The lowest BCUT2D eigenvalue weighted by molar-refractivity contribution is 0.207. The summed E-state index contributed by atoms with van der Waals surface area (Å²) in [6, 6.07) is 0.768. The minimum atomic E-state index is 0.273. The van der Waals surface area contributed by atoms with Crippen LogP contribution in [-0.4, -0.2) is 28.2 Å². The molecule has 1 unspecified atom stereocenters. The molecule has 1 N–H and O–H groups in total. The molecular weight excluding hydrogens is 186 g/mol. The van der Waals surface area contributed by atoms with E-state index in [-0.39, 0.29) is 6.04 Å². The van der Waals surface area contributed by atoms with Gasteiger partial charge >= 0.3 is 0 Å². The molecule has 0 spiro atoms. The minimum Gasteiger partial charge on any atom is -0.296 e. The van der Waals surface area contributed by atoms with Gasteiger partial charge in [0.15, 0.2) is 0 Å². The van der Waals surface area contributed by atoms with Gasteiger partial charge in [0.25, 0.3) is 0 Å². The minimum absolute atomic E-state index is 0.273. The molecule has 0 fully saturated rings. The molecular formula is C9H16ClN3. The maximum Gasteiger partial charge on any atom is 0.0831 e. The van der Waals surface area contributed by atoms with Crippen molar-refractivity contribution in [2.24, 2.45) is 0 Å². The van der Waals surface area contributed by atoms with Crippen LogP contribution < -0.4 is 0 Å². The third kappa shape index (κ3) is 2.23. The van der Waals surface area contributed by atoms with Crippen LogP contribution in [0.1, 0.15) is 32.5 Å². The number of halogens is 1. The summed E-state index contributed by atoms with van der Waals surface area (Å²) in [6.45, 7) is 6.42. The van der Waals surface area contributed by atoms with Crippen LogP contribution in [0.25, 0.3) is 0 Å².